The van der Waals surface area contributed by atoms with Crippen molar-refractivity contribution in [3.8, 4) is 0 Å². The lowest BCUT2D eigenvalue weighted by atomic mass is 10.2. The van der Waals surface area contributed by atoms with Crippen LogP contribution in [0, 0.1) is 0 Å². The Balaban J connectivity index is 1.75. The molecule has 0 atom stereocenters. The van der Waals surface area contributed by atoms with E-state index in [1.54, 1.807) is 24.7 Å². The van der Waals surface area contributed by atoms with Crippen molar-refractivity contribution in [1.82, 2.24) is 9.97 Å². The SMILES string of the molecule is C(=Nc1ccnc(N=Cc2ccccc2)n1)c1ccccc1. The summed E-state index contributed by atoms with van der Waals surface area (Å²) in [5.74, 6) is 0.977. The van der Waals surface area contributed by atoms with Crippen LogP contribution < -0.4 is 0 Å². The van der Waals surface area contributed by atoms with Crippen LogP contribution in [0.4, 0.5) is 11.8 Å². The van der Waals surface area contributed by atoms with E-state index < -0.39 is 0 Å². The Hall–Kier alpha value is -3.14. The van der Waals surface area contributed by atoms with E-state index in [0.29, 0.717) is 11.8 Å². The standard InChI is InChI=1S/C18H14N4/c1-3-7-15(8-4-1)13-20-17-11-12-19-18(22-17)21-14-16-9-5-2-6-10-16/h1-14H. The maximum Gasteiger partial charge on any atom is 0.251 e. The number of hydrogen-bond acceptors (Lipinski definition) is 4. The first-order chi connectivity index (χ1) is 10.9. The summed E-state index contributed by atoms with van der Waals surface area (Å²) < 4.78 is 0. The number of rotatable bonds is 4. The molecule has 1 aromatic heterocycles. The van der Waals surface area contributed by atoms with E-state index in [9.17, 15) is 0 Å². The van der Waals surface area contributed by atoms with Gasteiger partial charge < -0.3 is 0 Å². The summed E-state index contributed by atoms with van der Waals surface area (Å²) in [6.07, 6.45) is 5.16. The van der Waals surface area contributed by atoms with E-state index >= 15 is 0 Å². The minimum Gasteiger partial charge on any atom is -0.236 e. The molecule has 3 aromatic rings. The lowest BCUT2D eigenvalue weighted by molar-refractivity contribution is 1.13. The Morgan fingerprint density at radius 1 is 0.682 bits per heavy atom. The molecule has 3 rings (SSSR count). The van der Waals surface area contributed by atoms with Crippen molar-refractivity contribution in [2.75, 3.05) is 0 Å². The third-order valence-electron chi connectivity index (χ3n) is 2.90. The Kier molecular flexibility index (Phi) is 4.42. The van der Waals surface area contributed by atoms with Crippen LogP contribution in [0.25, 0.3) is 0 Å². The third kappa shape index (κ3) is 3.93. The second kappa shape index (κ2) is 7.04. The number of nitrogens with zero attached hydrogens (tertiary/aromatic N) is 4. The zero-order valence-corrected chi connectivity index (χ0v) is 11.9. The fourth-order valence-electron chi connectivity index (χ4n) is 1.82. The van der Waals surface area contributed by atoms with Crippen molar-refractivity contribution in [3.05, 3.63) is 84.1 Å². The van der Waals surface area contributed by atoms with E-state index in [1.807, 2.05) is 60.7 Å². The van der Waals surface area contributed by atoms with Gasteiger partial charge in [-0.15, -0.1) is 0 Å². The summed E-state index contributed by atoms with van der Waals surface area (Å²) >= 11 is 0. The van der Waals surface area contributed by atoms with Crippen molar-refractivity contribution in [2.45, 2.75) is 0 Å². The largest absolute Gasteiger partial charge is 0.251 e. The molecule has 22 heavy (non-hydrogen) atoms. The highest BCUT2D eigenvalue weighted by molar-refractivity contribution is 5.82. The van der Waals surface area contributed by atoms with Crippen LogP contribution in [-0.2, 0) is 0 Å². The van der Waals surface area contributed by atoms with E-state index in [0.717, 1.165) is 11.1 Å². The van der Waals surface area contributed by atoms with Crippen LogP contribution in [0.5, 0.6) is 0 Å². The molecule has 0 radical (unpaired) electrons. The van der Waals surface area contributed by atoms with Gasteiger partial charge in [-0.25, -0.2) is 15.0 Å². The summed E-state index contributed by atoms with van der Waals surface area (Å²) in [5, 5.41) is 0. The van der Waals surface area contributed by atoms with Crippen LogP contribution in [0.15, 0.2) is 82.9 Å². The van der Waals surface area contributed by atoms with Crippen LogP contribution in [-0.4, -0.2) is 22.4 Å². The maximum absolute atomic E-state index is 4.34. The van der Waals surface area contributed by atoms with Crippen molar-refractivity contribution in [3.63, 3.8) is 0 Å². The van der Waals surface area contributed by atoms with Gasteiger partial charge in [-0.1, -0.05) is 60.7 Å². The Morgan fingerprint density at radius 3 is 1.91 bits per heavy atom. The predicted octanol–water partition coefficient (Wildman–Crippen LogP) is 3.98. The van der Waals surface area contributed by atoms with Gasteiger partial charge in [0.15, 0.2) is 5.82 Å². The molecule has 106 valence electrons. The lowest BCUT2D eigenvalue weighted by Crippen LogP contribution is -1.84. The first-order valence-corrected chi connectivity index (χ1v) is 6.91. The fourth-order valence-corrected chi connectivity index (χ4v) is 1.82. The van der Waals surface area contributed by atoms with Crippen LogP contribution in [0.2, 0.25) is 0 Å². The topological polar surface area (TPSA) is 50.5 Å². The highest BCUT2D eigenvalue weighted by Gasteiger charge is 1.95. The van der Waals surface area contributed by atoms with E-state index in [2.05, 4.69) is 20.0 Å². The van der Waals surface area contributed by atoms with Gasteiger partial charge in [0.2, 0.25) is 0 Å². The Morgan fingerprint density at radius 2 is 1.27 bits per heavy atom. The average molecular weight is 286 g/mol. The number of aromatic nitrogens is 2. The summed E-state index contributed by atoms with van der Waals surface area (Å²) in [5.41, 5.74) is 2.03. The molecule has 0 N–H and O–H groups in total. The second-order valence-electron chi connectivity index (χ2n) is 4.55. The molecule has 0 bridgehead atoms. The molecule has 1 heterocycles. The third-order valence-corrected chi connectivity index (χ3v) is 2.90. The highest BCUT2D eigenvalue weighted by atomic mass is 15.1. The van der Waals surface area contributed by atoms with Gasteiger partial charge in [0.1, 0.15) is 0 Å². The quantitative estimate of drug-likeness (QED) is 0.681. The first-order valence-electron chi connectivity index (χ1n) is 6.91. The number of benzene rings is 2. The highest BCUT2D eigenvalue weighted by Crippen LogP contribution is 2.12. The molecule has 0 aliphatic heterocycles. The van der Waals surface area contributed by atoms with Crippen molar-refractivity contribution in [1.29, 1.82) is 0 Å². The molecule has 0 saturated carbocycles. The average Bonchev–Trinajstić information content (AvgIpc) is 2.60. The van der Waals surface area contributed by atoms with E-state index in [4.69, 9.17) is 0 Å². The Labute approximate surface area is 129 Å². The second-order valence-corrected chi connectivity index (χ2v) is 4.55. The number of aliphatic imine (C=N–C) groups is 2. The van der Waals surface area contributed by atoms with Crippen LogP contribution >= 0.6 is 0 Å². The van der Waals surface area contributed by atoms with Crippen molar-refractivity contribution < 1.29 is 0 Å². The summed E-state index contributed by atoms with van der Waals surface area (Å²) in [6.45, 7) is 0. The molecule has 0 fully saturated rings. The molecule has 0 spiro atoms. The molecule has 2 aromatic carbocycles. The summed E-state index contributed by atoms with van der Waals surface area (Å²) in [4.78, 5) is 17.0. The van der Waals surface area contributed by atoms with Gasteiger partial charge in [0, 0.05) is 24.7 Å². The minimum atomic E-state index is 0.395. The van der Waals surface area contributed by atoms with Crippen molar-refractivity contribution >= 4 is 24.2 Å². The van der Waals surface area contributed by atoms with Crippen molar-refractivity contribution in [2.24, 2.45) is 9.98 Å². The molecular weight excluding hydrogens is 272 g/mol. The molecule has 4 nitrogen and oxygen atoms in total. The predicted molar refractivity (Wildman–Crippen MR) is 89.4 cm³/mol. The Bertz CT molecular complexity index is 716. The van der Waals surface area contributed by atoms with Gasteiger partial charge >= 0.3 is 0 Å². The maximum atomic E-state index is 4.34. The minimum absolute atomic E-state index is 0.395. The molecule has 0 saturated heterocycles. The smallest absolute Gasteiger partial charge is 0.236 e. The summed E-state index contributed by atoms with van der Waals surface area (Å²) in [6, 6.07) is 21.5. The monoisotopic (exact) mass is 286 g/mol. The lowest BCUT2D eigenvalue weighted by Gasteiger charge is -1.95. The number of hydrogen-bond donors (Lipinski definition) is 0. The normalized spacial score (nSPS) is 11.3. The molecule has 0 unspecified atom stereocenters. The van der Waals surface area contributed by atoms with Gasteiger partial charge in [-0.2, -0.15) is 4.98 Å². The van der Waals surface area contributed by atoms with Crippen LogP contribution in [0.1, 0.15) is 11.1 Å². The van der Waals surface area contributed by atoms with E-state index in [-0.39, 0.29) is 0 Å². The fraction of sp³-hybridized carbons (Fsp3) is 0. The zero-order chi connectivity index (χ0) is 15.0. The zero-order valence-electron chi connectivity index (χ0n) is 11.9. The molecular formula is C18H14N4. The first kappa shape index (κ1) is 13.8. The van der Waals surface area contributed by atoms with Gasteiger partial charge in [0.25, 0.3) is 5.95 Å². The van der Waals surface area contributed by atoms with Gasteiger partial charge in [-0.3, -0.25) is 0 Å². The van der Waals surface area contributed by atoms with Crippen LogP contribution in [0.3, 0.4) is 0 Å². The molecule has 0 aliphatic carbocycles. The summed E-state index contributed by atoms with van der Waals surface area (Å²) in [7, 11) is 0. The molecule has 4 heteroatoms. The van der Waals surface area contributed by atoms with Gasteiger partial charge in [-0.05, 0) is 11.1 Å². The van der Waals surface area contributed by atoms with Gasteiger partial charge in [0.05, 0.1) is 0 Å². The van der Waals surface area contributed by atoms with E-state index in [1.165, 1.54) is 0 Å². The molecule has 0 amide bonds. The molecule has 0 aliphatic rings.